The normalized spacial score (nSPS) is 17.1. The Bertz CT molecular complexity index is 720. The van der Waals surface area contributed by atoms with Crippen LogP contribution in [0.5, 0.6) is 0 Å². The van der Waals surface area contributed by atoms with Gasteiger partial charge in [-0.25, -0.2) is 9.59 Å². The highest BCUT2D eigenvalue weighted by atomic mass is 16.5. The fourth-order valence-corrected chi connectivity index (χ4v) is 6.28. The fourth-order valence-electron chi connectivity index (χ4n) is 6.28. The minimum atomic E-state index is -0.418. The van der Waals surface area contributed by atoms with E-state index in [4.69, 9.17) is 4.74 Å². The van der Waals surface area contributed by atoms with E-state index in [2.05, 4.69) is 17.6 Å². The van der Waals surface area contributed by atoms with E-state index in [1.165, 1.54) is 96.3 Å². The lowest BCUT2D eigenvalue weighted by molar-refractivity contribution is -0.127. The molecule has 0 aromatic carbocycles. The molecule has 0 aromatic rings. The number of hydrogen-bond donors (Lipinski definition) is 2. The molecule has 0 aromatic heterocycles. The number of nitrogens with zero attached hydrogens (tertiary/aromatic N) is 2. The molecule has 1 atom stereocenters. The Labute approximate surface area is 257 Å². The van der Waals surface area contributed by atoms with E-state index in [0.717, 1.165) is 58.2 Å². The Kier molecular flexibility index (Phi) is 21.1. The smallest absolute Gasteiger partial charge is 0.407 e. The van der Waals surface area contributed by atoms with Crippen molar-refractivity contribution < 1.29 is 19.1 Å². The number of carbonyl (C=O) groups is 3. The second-order valence-electron chi connectivity index (χ2n) is 12.6. The summed E-state index contributed by atoms with van der Waals surface area (Å²) in [4.78, 5) is 40.3. The molecular formula is C34H64N4O4. The third-order valence-corrected chi connectivity index (χ3v) is 8.92. The summed E-state index contributed by atoms with van der Waals surface area (Å²) < 4.78 is 5.37. The highest BCUT2D eigenvalue weighted by molar-refractivity contribution is 5.78. The quantitative estimate of drug-likeness (QED) is 0.111. The van der Waals surface area contributed by atoms with Crippen LogP contribution in [0.4, 0.5) is 9.59 Å². The van der Waals surface area contributed by atoms with Gasteiger partial charge < -0.3 is 25.2 Å². The van der Waals surface area contributed by atoms with E-state index < -0.39 is 6.09 Å². The van der Waals surface area contributed by atoms with E-state index in [9.17, 15) is 14.4 Å². The van der Waals surface area contributed by atoms with Crippen LogP contribution in [-0.2, 0) is 9.53 Å². The number of urea groups is 1. The van der Waals surface area contributed by atoms with Crippen molar-refractivity contribution in [1.29, 1.82) is 0 Å². The summed E-state index contributed by atoms with van der Waals surface area (Å²) in [6, 6.07) is 0.153. The molecule has 8 heteroatoms. The Morgan fingerprint density at radius 3 is 1.93 bits per heavy atom. The molecule has 42 heavy (non-hydrogen) atoms. The van der Waals surface area contributed by atoms with E-state index >= 15 is 0 Å². The van der Waals surface area contributed by atoms with Crippen LogP contribution < -0.4 is 10.6 Å². The van der Waals surface area contributed by atoms with Gasteiger partial charge in [-0.2, -0.15) is 0 Å². The zero-order chi connectivity index (χ0) is 30.1. The molecule has 0 bridgehead atoms. The van der Waals surface area contributed by atoms with Crippen LogP contribution in [0, 0.1) is 0 Å². The first-order valence-corrected chi connectivity index (χ1v) is 17.8. The molecular weight excluding hydrogens is 528 g/mol. The highest BCUT2D eigenvalue weighted by Gasteiger charge is 2.26. The molecule has 0 aliphatic carbocycles. The Morgan fingerprint density at radius 1 is 0.738 bits per heavy atom. The minimum absolute atomic E-state index is 0.0292. The average Bonchev–Trinajstić information content (AvgIpc) is 3.41. The maximum absolute atomic E-state index is 12.8. The molecule has 4 amide bonds. The molecule has 2 aliphatic heterocycles. The number of nitrogens with one attached hydrogen (secondary N) is 2. The van der Waals surface area contributed by atoms with E-state index in [0.29, 0.717) is 32.5 Å². The lowest BCUT2D eigenvalue weighted by Gasteiger charge is -2.35. The first kappa shape index (κ1) is 36.2. The topological polar surface area (TPSA) is 91.0 Å². The van der Waals surface area contributed by atoms with Gasteiger partial charge in [-0.15, -0.1) is 0 Å². The van der Waals surface area contributed by atoms with E-state index in [-0.39, 0.29) is 18.0 Å². The first-order valence-electron chi connectivity index (χ1n) is 17.8. The van der Waals surface area contributed by atoms with Crippen molar-refractivity contribution in [2.45, 2.75) is 161 Å². The molecule has 0 spiro atoms. The number of amides is 4. The summed E-state index contributed by atoms with van der Waals surface area (Å²) in [5.41, 5.74) is 0. The molecule has 8 nitrogen and oxygen atoms in total. The molecule has 244 valence electrons. The fraction of sp³-hybridized carbons (Fsp3) is 0.912. The summed E-state index contributed by atoms with van der Waals surface area (Å²) >= 11 is 0. The number of piperidine rings is 1. The standard InChI is InChI=1S/C34H64N4O4/c1-2-3-4-5-6-7-8-9-10-11-12-13-14-15-16-18-25-35-33(40)38-29-19-17-22-31(38)24-30-42-34(41)36-26-21-28-37-27-20-23-32(37)39/h31H,2-30H2,1H3,(H,35,40)(H,36,41). The SMILES string of the molecule is CCCCCCCCCCCCCCCCCCNC(=O)N1CCCCC1CCOC(=O)NCCCN1CCCC1=O. The van der Waals surface area contributed by atoms with Crippen molar-refractivity contribution in [2.24, 2.45) is 0 Å². The second-order valence-corrected chi connectivity index (χ2v) is 12.6. The number of unbranched alkanes of at least 4 members (excludes halogenated alkanes) is 15. The summed E-state index contributed by atoms with van der Waals surface area (Å²) in [7, 11) is 0. The minimum Gasteiger partial charge on any atom is -0.449 e. The van der Waals surface area contributed by atoms with Crippen LogP contribution in [0.3, 0.4) is 0 Å². The van der Waals surface area contributed by atoms with Gasteiger partial charge >= 0.3 is 12.1 Å². The van der Waals surface area contributed by atoms with Crippen molar-refractivity contribution in [3.8, 4) is 0 Å². The van der Waals surface area contributed by atoms with Crippen molar-refractivity contribution in [2.75, 3.05) is 39.3 Å². The number of hydrogen-bond acceptors (Lipinski definition) is 4. The van der Waals surface area contributed by atoms with E-state index in [1.54, 1.807) is 0 Å². The lowest BCUT2D eigenvalue weighted by Crippen LogP contribution is -2.49. The van der Waals surface area contributed by atoms with Crippen molar-refractivity contribution >= 4 is 18.0 Å². The molecule has 2 fully saturated rings. The number of rotatable bonds is 24. The van der Waals surface area contributed by atoms with Gasteiger partial charge in [0.2, 0.25) is 5.91 Å². The largest absolute Gasteiger partial charge is 0.449 e. The average molecular weight is 593 g/mol. The predicted molar refractivity (Wildman–Crippen MR) is 172 cm³/mol. The van der Waals surface area contributed by atoms with Crippen LogP contribution in [0.2, 0.25) is 0 Å². The molecule has 2 aliphatic rings. The van der Waals surface area contributed by atoms with Gasteiger partial charge in [0.1, 0.15) is 0 Å². The van der Waals surface area contributed by atoms with Crippen LogP contribution in [-0.4, -0.2) is 73.2 Å². The van der Waals surface area contributed by atoms with Gasteiger partial charge in [0.05, 0.1) is 6.61 Å². The maximum atomic E-state index is 12.8. The third kappa shape index (κ3) is 17.2. The molecule has 2 N–H and O–H groups in total. The van der Waals surface area contributed by atoms with Crippen LogP contribution in [0.1, 0.15) is 155 Å². The predicted octanol–water partition coefficient (Wildman–Crippen LogP) is 7.94. The second kappa shape index (κ2) is 24.5. The zero-order valence-electron chi connectivity index (χ0n) is 27.1. The van der Waals surface area contributed by atoms with Crippen LogP contribution in [0.15, 0.2) is 0 Å². The van der Waals surface area contributed by atoms with Crippen molar-refractivity contribution in [3.05, 3.63) is 0 Å². The lowest BCUT2D eigenvalue weighted by atomic mass is 10.00. The third-order valence-electron chi connectivity index (χ3n) is 8.92. The number of likely N-dealkylation sites (tertiary alicyclic amines) is 2. The number of ether oxygens (including phenoxy) is 1. The number of carbonyl (C=O) groups excluding carboxylic acids is 3. The monoisotopic (exact) mass is 592 g/mol. The summed E-state index contributed by atoms with van der Waals surface area (Å²) in [5.74, 6) is 0.212. The van der Waals surface area contributed by atoms with Gasteiger partial charge in [-0.1, -0.05) is 103 Å². The first-order chi connectivity index (χ1) is 20.6. The van der Waals surface area contributed by atoms with Gasteiger partial charge in [0.15, 0.2) is 0 Å². The summed E-state index contributed by atoms with van der Waals surface area (Å²) in [5, 5.41) is 5.91. The van der Waals surface area contributed by atoms with Crippen molar-refractivity contribution in [3.63, 3.8) is 0 Å². The molecule has 2 saturated heterocycles. The van der Waals surface area contributed by atoms with Gasteiger partial charge in [0, 0.05) is 51.6 Å². The summed E-state index contributed by atoms with van der Waals surface area (Å²) in [6.07, 6.45) is 27.2. The Balaban J connectivity index is 1.40. The maximum Gasteiger partial charge on any atom is 0.407 e. The highest BCUT2D eigenvalue weighted by Crippen LogP contribution is 2.20. The van der Waals surface area contributed by atoms with Gasteiger partial charge in [0.25, 0.3) is 0 Å². The molecule has 2 rings (SSSR count). The molecule has 0 saturated carbocycles. The van der Waals surface area contributed by atoms with Gasteiger partial charge in [-0.3, -0.25) is 4.79 Å². The molecule has 1 unspecified atom stereocenters. The van der Waals surface area contributed by atoms with Crippen molar-refractivity contribution in [1.82, 2.24) is 20.4 Å². The number of alkyl carbamates (subject to hydrolysis) is 1. The zero-order valence-corrected chi connectivity index (χ0v) is 27.1. The van der Waals surface area contributed by atoms with E-state index in [1.807, 2.05) is 9.80 Å². The van der Waals surface area contributed by atoms with Crippen LogP contribution >= 0.6 is 0 Å². The summed E-state index contributed by atoms with van der Waals surface area (Å²) in [6.45, 7) is 6.12. The Hall–Kier alpha value is -1.99. The van der Waals surface area contributed by atoms with Crippen LogP contribution in [0.25, 0.3) is 0 Å². The Morgan fingerprint density at radius 2 is 1.33 bits per heavy atom. The van der Waals surface area contributed by atoms with Gasteiger partial charge in [-0.05, 0) is 38.5 Å². The molecule has 0 radical (unpaired) electrons. The molecule has 2 heterocycles.